The number of carbonyl (C=O) groups excluding carboxylic acids is 1. The number of amides is 1. The third-order valence-electron chi connectivity index (χ3n) is 4.44. The minimum absolute atomic E-state index is 0.0647. The van der Waals surface area contributed by atoms with Gasteiger partial charge in [-0.2, -0.15) is 0 Å². The van der Waals surface area contributed by atoms with Crippen molar-refractivity contribution in [3.8, 4) is 5.75 Å². The standard InChI is InChI=1S/C19H21N3O5S2/c1-12(27-15-8-6-14(7-9-15)22(3)29(4,25)26)18(23)20-13-5-10-16-17(11-13)28-19(24)21(16)2/h5-12H,1-4H3,(H,20,23)/t12-/m1/s1. The summed E-state index contributed by atoms with van der Waals surface area (Å²) in [5, 5.41) is 2.78. The van der Waals surface area contributed by atoms with E-state index in [2.05, 4.69) is 5.32 Å². The lowest BCUT2D eigenvalue weighted by molar-refractivity contribution is -0.122. The minimum Gasteiger partial charge on any atom is -0.481 e. The quantitative estimate of drug-likeness (QED) is 0.641. The van der Waals surface area contributed by atoms with Crippen molar-refractivity contribution in [1.29, 1.82) is 0 Å². The molecule has 10 heteroatoms. The zero-order chi connectivity index (χ0) is 21.3. The van der Waals surface area contributed by atoms with E-state index in [4.69, 9.17) is 4.74 Å². The monoisotopic (exact) mass is 435 g/mol. The van der Waals surface area contributed by atoms with Crippen LogP contribution in [0.25, 0.3) is 10.2 Å². The molecule has 3 rings (SSSR count). The van der Waals surface area contributed by atoms with Crippen molar-refractivity contribution in [2.45, 2.75) is 13.0 Å². The van der Waals surface area contributed by atoms with Crippen LogP contribution in [0.2, 0.25) is 0 Å². The summed E-state index contributed by atoms with van der Waals surface area (Å²) in [7, 11) is -0.186. The smallest absolute Gasteiger partial charge is 0.307 e. The van der Waals surface area contributed by atoms with Crippen LogP contribution in [-0.2, 0) is 21.9 Å². The zero-order valence-electron chi connectivity index (χ0n) is 16.4. The number of nitrogens with zero attached hydrogens (tertiary/aromatic N) is 2. The fraction of sp³-hybridized carbons (Fsp3) is 0.263. The van der Waals surface area contributed by atoms with Crippen molar-refractivity contribution in [1.82, 2.24) is 4.57 Å². The summed E-state index contributed by atoms with van der Waals surface area (Å²) in [6, 6.07) is 11.7. The molecule has 1 N–H and O–H groups in total. The molecular weight excluding hydrogens is 414 g/mol. The molecule has 0 saturated heterocycles. The first-order chi connectivity index (χ1) is 13.6. The van der Waals surface area contributed by atoms with Crippen LogP contribution in [0.15, 0.2) is 47.3 Å². The van der Waals surface area contributed by atoms with E-state index in [1.165, 1.54) is 7.05 Å². The first-order valence-corrected chi connectivity index (χ1v) is 11.3. The van der Waals surface area contributed by atoms with E-state index in [-0.39, 0.29) is 10.8 Å². The molecule has 1 heterocycles. The fourth-order valence-corrected chi connectivity index (χ4v) is 4.06. The van der Waals surface area contributed by atoms with E-state index in [9.17, 15) is 18.0 Å². The number of thiazole rings is 1. The summed E-state index contributed by atoms with van der Waals surface area (Å²) < 4.78 is 32.3. The second-order valence-corrected chi connectivity index (χ2v) is 9.59. The van der Waals surface area contributed by atoms with Crippen molar-refractivity contribution in [3.63, 3.8) is 0 Å². The Morgan fingerprint density at radius 3 is 2.48 bits per heavy atom. The summed E-state index contributed by atoms with van der Waals surface area (Å²) >= 11 is 1.11. The molecule has 0 unspecified atom stereocenters. The summed E-state index contributed by atoms with van der Waals surface area (Å²) in [4.78, 5) is 24.1. The summed E-state index contributed by atoms with van der Waals surface area (Å²) in [5.41, 5.74) is 1.87. The fourth-order valence-electron chi connectivity index (χ4n) is 2.64. The molecule has 1 atom stereocenters. The van der Waals surface area contributed by atoms with Gasteiger partial charge in [-0.05, 0) is 49.4 Å². The molecule has 0 aliphatic carbocycles. The molecule has 0 saturated carbocycles. The molecule has 3 aromatic rings. The zero-order valence-corrected chi connectivity index (χ0v) is 18.0. The maximum absolute atomic E-state index is 12.4. The molecule has 154 valence electrons. The van der Waals surface area contributed by atoms with Crippen molar-refractivity contribution in [2.75, 3.05) is 22.9 Å². The molecule has 29 heavy (non-hydrogen) atoms. The molecule has 0 aliphatic rings. The number of aryl methyl sites for hydroxylation is 1. The van der Waals surface area contributed by atoms with Gasteiger partial charge in [0.25, 0.3) is 5.91 Å². The largest absolute Gasteiger partial charge is 0.481 e. The Morgan fingerprint density at radius 2 is 1.86 bits per heavy atom. The van der Waals surface area contributed by atoms with Gasteiger partial charge in [0.2, 0.25) is 10.0 Å². The molecule has 0 aliphatic heterocycles. The van der Waals surface area contributed by atoms with Crippen LogP contribution in [0.5, 0.6) is 5.75 Å². The average molecular weight is 436 g/mol. The summed E-state index contributed by atoms with van der Waals surface area (Å²) in [5.74, 6) is 0.0972. The van der Waals surface area contributed by atoms with Gasteiger partial charge in [-0.25, -0.2) is 8.42 Å². The van der Waals surface area contributed by atoms with Crippen LogP contribution < -0.4 is 19.2 Å². The number of hydrogen-bond acceptors (Lipinski definition) is 6. The van der Waals surface area contributed by atoms with Gasteiger partial charge in [-0.3, -0.25) is 13.9 Å². The molecule has 0 bridgehead atoms. The minimum atomic E-state index is -3.35. The van der Waals surface area contributed by atoms with E-state index in [1.807, 2.05) is 0 Å². The van der Waals surface area contributed by atoms with Crippen molar-refractivity contribution < 1.29 is 17.9 Å². The molecule has 0 radical (unpaired) electrons. The molecular formula is C19H21N3O5S2. The maximum atomic E-state index is 12.4. The highest BCUT2D eigenvalue weighted by molar-refractivity contribution is 7.92. The second-order valence-electron chi connectivity index (χ2n) is 6.58. The van der Waals surface area contributed by atoms with Gasteiger partial charge in [-0.15, -0.1) is 0 Å². The number of hydrogen-bond donors (Lipinski definition) is 1. The number of rotatable bonds is 6. The highest BCUT2D eigenvalue weighted by Gasteiger charge is 2.17. The van der Waals surface area contributed by atoms with Gasteiger partial charge < -0.3 is 14.6 Å². The predicted octanol–water partition coefficient (Wildman–Crippen LogP) is 2.40. The maximum Gasteiger partial charge on any atom is 0.307 e. The van der Waals surface area contributed by atoms with Gasteiger partial charge >= 0.3 is 4.87 Å². The Kier molecular flexibility index (Phi) is 5.67. The van der Waals surface area contributed by atoms with Crippen LogP contribution in [0.1, 0.15) is 6.92 Å². The number of aromatic nitrogens is 1. The second kappa shape index (κ2) is 7.88. The highest BCUT2D eigenvalue weighted by atomic mass is 32.2. The Bertz CT molecular complexity index is 1210. The summed E-state index contributed by atoms with van der Waals surface area (Å²) in [6.07, 6.45) is 0.341. The Balaban J connectivity index is 1.67. The van der Waals surface area contributed by atoms with Gasteiger partial charge in [0.1, 0.15) is 5.75 Å². The van der Waals surface area contributed by atoms with Crippen LogP contribution >= 0.6 is 11.3 Å². The third-order valence-corrected chi connectivity index (χ3v) is 6.64. The number of carbonyl (C=O) groups is 1. The molecule has 1 aromatic heterocycles. The van der Waals surface area contributed by atoms with Gasteiger partial charge in [0, 0.05) is 19.8 Å². The Labute approximate surface area is 172 Å². The first-order valence-electron chi connectivity index (χ1n) is 8.67. The van der Waals surface area contributed by atoms with Crippen LogP contribution in [-0.4, -0.2) is 38.3 Å². The van der Waals surface area contributed by atoms with E-state index in [0.29, 0.717) is 17.1 Å². The third kappa shape index (κ3) is 4.60. The number of anilines is 2. The van der Waals surface area contributed by atoms with Crippen LogP contribution in [0.4, 0.5) is 11.4 Å². The number of fused-ring (bicyclic) bond motifs is 1. The predicted molar refractivity (Wildman–Crippen MR) is 115 cm³/mol. The average Bonchev–Trinajstić information content (AvgIpc) is 2.94. The SMILES string of the molecule is C[C@@H](Oc1ccc(N(C)S(C)(=O)=O)cc1)C(=O)Nc1ccc2c(c1)sc(=O)n2C. The molecule has 0 fully saturated rings. The van der Waals surface area contributed by atoms with Crippen LogP contribution in [0, 0.1) is 0 Å². The van der Waals surface area contributed by atoms with Gasteiger partial charge in [-0.1, -0.05) is 11.3 Å². The number of benzene rings is 2. The number of nitrogens with one attached hydrogen (secondary N) is 1. The van der Waals surface area contributed by atoms with E-state index >= 15 is 0 Å². The first kappa shape index (κ1) is 20.9. The van der Waals surface area contributed by atoms with E-state index in [1.54, 1.807) is 61.0 Å². The molecule has 0 spiro atoms. The molecule has 1 amide bonds. The Morgan fingerprint density at radius 1 is 1.21 bits per heavy atom. The van der Waals surface area contributed by atoms with E-state index < -0.39 is 16.1 Å². The Hall–Kier alpha value is -2.85. The normalized spacial score (nSPS) is 12.6. The number of sulfonamides is 1. The van der Waals surface area contributed by atoms with Crippen molar-refractivity contribution in [2.24, 2.45) is 7.05 Å². The van der Waals surface area contributed by atoms with E-state index in [0.717, 1.165) is 32.1 Å². The van der Waals surface area contributed by atoms with Gasteiger partial charge in [0.05, 0.1) is 22.2 Å². The highest BCUT2D eigenvalue weighted by Crippen LogP contribution is 2.23. The molecule has 8 nitrogen and oxygen atoms in total. The van der Waals surface area contributed by atoms with Crippen LogP contribution in [0.3, 0.4) is 0 Å². The van der Waals surface area contributed by atoms with Gasteiger partial charge in [0.15, 0.2) is 6.10 Å². The molecule has 2 aromatic carbocycles. The topological polar surface area (TPSA) is 97.7 Å². The lowest BCUT2D eigenvalue weighted by Gasteiger charge is -2.18. The lowest BCUT2D eigenvalue weighted by atomic mass is 10.2. The summed E-state index contributed by atoms with van der Waals surface area (Å²) in [6.45, 7) is 1.62. The van der Waals surface area contributed by atoms with Crippen molar-refractivity contribution >= 4 is 48.9 Å². The lowest BCUT2D eigenvalue weighted by Crippen LogP contribution is -2.30. The van der Waals surface area contributed by atoms with Crippen molar-refractivity contribution in [3.05, 3.63) is 52.1 Å². The number of ether oxygens (including phenoxy) is 1.